The number of aliphatic imine (C=N–C) groups is 1. The number of aliphatic hydroxyl groups excluding tert-OH is 5. The molecule has 12 rings (SSSR count). The minimum atomic E-state index is -2.02. The number of H-pyrrole nitrogens is 1. The molecule has 2 aliphatic heterocycles. The van der Waals surface area contributed by atoms with Gasteiger partial charge in [0.15, 0.2) is 17.5 Å². The molecule has 90 heavy (non-hydrogen) atoms. The number of fused-ring (bicyclic) bond motifs is 10. The van der Waals surface area contributed by atoms with E-state index in [-0.39, 0.29) is 134 Å². The van der Waals surface area contributed by atoms with Crippen LogP contribution in [0.5, 0.6) is 5.75 Å². The third kappa shape index (κ3) is 11.4. The maximum absolute atomic E-state index is 16.9. The van der Waals surface area contributed by atoms with Gasteiger partial charge in [0.25, 0.3) is 0 Å². The number of ketones is 2. The molecule has 8 aliphatic carbocycles. The summed E-state index contributed by atoms with van der Waals surface area (Å²) in [6, 6.07) is 7.34. The second-order valence-corrected chi connectivity index (χ2v) is 32.3. The molecule has 2 bridgehead atoms. The summed E-state index contributed by atoms with van der Waals surface area (Å²) in [5, 5.41) is 105. The van der Waals surface area contributed by atoms with Gasteiger partial charge in [-0.2, -0.15) is 0 Å². The van der Waals surface area contributed by atoms with E-state index in [2.05, 4.69) is 40.1 Å². The summed E-state index contributed by atoms with van der Waals surface area (Å²) in [6.07, 6.45) is 11.8. The zero-order valence-electron chi connectivity index (χ0n) is 52.8. The second-order valence-electron chi connectivity index (χ2n) is 29.7. The summed E-state index contributed by atoms with van der Waals surface area (Å²) < 4.78 is 6.34. The van der Waals surface area contributed by atoms with Gasteiger partial charge in [0, 0.05) is 90.8 Å². The fourth-order valence-corrected chi connectivity index (χ4v) is 24.2. The predicted molar refractivity (Wildman–Crippen MR) is 347 cm³/mol. The van der Waals surface area contributed by atoms with Crippen LogP contribution in [0.1, 0.15) is 166 Å². The van der Waals surface area contributed by atoms with Crippen molar-refractivity contribution in [2.75, 3.05) is 31.3 Å². The number of nitrogens with one attached hydrogen (secondary N) is 2. The molecule has 17 nitrogen and oxygen atoms in total. The summed E-state index contributed by atoms with van der Waals surface area (Å²) in [4.78, 5) is 54.1. The van der Waals surface area contributed by atoms with Gasteiger partial charge in [-0.05, 0) is 184 Å². The van der Waals surface area contributed by atoms with Crippen LogP contribution in [0.3, 0.4) is 0 Å². The van der Waals surface area contributed by atoms with Gasteiger partial charge in [0.2, 0.25) is 0 Å². The van der Waals surface area contributed by atoms with E-state index in [1.165, 1.54) is 27.2 Å². The number of nitrogens with zero attached hydrogens (tertiary/aromatic N) is 1. The van der Waals surface area contributed by atoms with Gasteiger partial charge in [-0.3, -0.25) is 19.4 Å². The number of aromatic nitrogens is 1. The number of phenolic OH excluding ortho intramolecular Hbond substituents is 1. The van der Waals surface area contributed by atoms with Crippen LogP contribution < -0.4 is 16.8 Å². The van der Waals surface area contributed by atoms with Gasteiger partial charge in [0.05, 0.1) is 47.7 Å². The van der Waals surface area contributed by atoms with E-state index in [1.54, 1.807) is 31.2 Å². The number of carbonyl (C=O) groups excluding carboxylic acids is 3. The van der Waals surface area contributed by atoms with Gasteiger partial charge in [-0.15, -0.1) is 5.92 Å². The Kier molecular flexibility index (Phi) is 19.3. The number of hydrogen-bond donors (Lipinski definition) is 12. The highest BCUT2D eigenvalue weighted by atomic mass is 33.1. The largest absolute Gasteiger partial charge is 0.508 e. The highest BCUT2D eigenvalue weighted by Gasteiger charge is 2.76. The summed E-state index contributed by atoms with van der Waals surface area (Å²) >= 11 is 0. The van der Waals surface area contributed by atoms with Crippen LogP contribution >= 0.6 is 21.6 Å². The molecule has 23 atom stereocenters. The van der Waals surface area contributed by atoms with Crippen LogP contribution in [-0.4, -0.2) is 142 Å². The smallest absolute Gasteiger partial charge is 0.314 e. The van der Waals surface area contributed by atoms with Crippen LogP contribution in [-0.2, 0) is 19.1 Å². The summed E-state index contributed by atoms with van der Waals surface area (Å²) in [5.74, 6) is 1.67. The summed E-state index contributed by atoms with van der Waals surface area (Å²) in [5.41, 5.74) is 9.37. The lowest BCUT2D eigenvalue weighted by molar-refractivity contribution is -0.205. The molecule has 0 amide bonds. The molecule has 2 aromatic rings. The van der Waals surface area contributed by atoms with Crippen molar-refractivity contribution in [2.24, 2.45) is 104 Å². The molecule has 3 heterocycles. The van der Waals surface area contributed by atoms with Crippen molar-refractivity contribution in [3.05, 3.63) is 76.8 Å². The maximum atomic E-state index is 16.9. The summed E-state index contributed by atoms with van der Waals surface area (Å²) in [7, 11) is 3.04. The Morgan fingerprint density at radius 1 is 0.900 bits per heavy atom. The number of benzene rings is 1. The number of allylic oxidation sites excluding steroid dienone is 3. The van der Waals surface area contributed by atoms with Crippen molar-refractivity contribution in [1.29, 1.82) is 0 Å². The monoisotopic (exact) mass is 1280 g/mol. The van der Waals surface area contributed by atoms with E-state index < -0.39 is 101 Å². The molecule has 2 saturated heterocycles. The molecule has 14 N–H and O–H groups in total. The lowest BCUT2D eigenvalue weighted by Crippen LogP contribution is -2.69. The Labute approximate surface area is 538 Å². The molecule has 7 fully saturated rings. The number of aliphatic hydroxyl groups is 7. The van der Waals surface area contributed by atoms with E-state index in [9.17, 15) is 40.5 Å². The normalized spacial score (nSPS) is 43.4. The van der Waals surface area contributed by atoms with Crippen molar-refractivity contribution in [3.8, 4) is 17.6 Å². The number of Topliss-reactive ketones (excluding diaryl/α,β-unsaturated/α-hetero) is 2. The van der Waals surface area contributed by atoms with Gasteiger partial charge in [0.1, 0.15) is 17.9 Å². The molecule has 5 saturated carbocycles. The molecule has 0 unspecified atom stereocenters. The Hall–Kier alpha value is -4.36. The van der Waals surface area contributed by atoms with Crippen molar-refractivity contribution >= 4 is 45.1 Å². The van der Waals surface area contributed by atoms with Crippen LogP contribution in [0.4, 0.5) is 0 Å². The molecule has 492 valence electrons. The van der Waals surface area contributed by atoms with Gasteiger partial charge in [-0.1, -0.05) is 84.4 Å². The van der Waals surface area contributed by atoms with E-state index in [1.807, 2.05) is 25.4 Å². The van der Waals surface area contributed by atoms with Crippen molar-refractivity contribution in [3.63, 3.8) is 0 Å². The number of phenols is 1. The molecule has 19 heteroatoms. The number of rotatable bonds is 10. The topological polar surface area (TPSA) is 315 Å². The Bertz CT molecular complexity index is 3100. The van der Waals surface area contributed by atoms with Crippen LogP contribution in [0.25, 0.3) is 0 Å². The lowest BCUT2D eigenvalue weighted by atomic mass is 9.39. The number of esters is 1. The zero-order valence-corrected chi connectivity index (χ0v) is 54.4. The number of hydrogen-bond acceptors (Lipinski definition) is 16. The maximum Gasteiger partial charge on any atom is 0.314 e. The van der Waals surface area contributed by atoms with Crippen molar-refractivity contribution < 1.29 is 60.0 Å². The number of aromatic amines is 1. The van der Waals surface area contributed by atoms with Crippen LogP contribution in [0.15, 0.2) is 70.6 Å². The Balaban J connectivity index is 1.06. The van der Waals surface area contributed by atoms with Gasteiger partial charge in [-0.25, -0.2) is 0 Å². The average molecular weight is 1280 g/mol. The van der Waals surface area contributed by atoms with E-state index in [0.29, 0.717) is 48.7 Å². The van der Waals surface area contributed by atoms with Crippen molar-refractivity contribution in [2.45, 2.75) is 196 Å². The third-order valence-corrected chi connectivity index (χ3v) is 27.9. The number of guanidine groups is 1. The fraction of sp³-hybridized carbons (Fsp3) is 0.718. The number of nitrogens with two attached hydrogens (primary N) is 2. The minimum absolute atomic E-state index is 0.00324. The molecule has 1 aromatic heterocycles. The number of carbonyl (C=O) groups is 3. The first-order chi connectivity index (χ1) is 43.2. The minimum Gasteiger partial charge on any atom is -0.508 e. The van der Waals surface area contributed by atoms with Gasteiger partial charge < -0.3 is 67.4 Å². The van der Waals surface area contributed by atoms with Gasteiger partial charge >= 0.3 is 5.97 Å². The van der Waals surface area contributed by atoms with Crippen LogP contribution in [0.2, 0.25) is 0 Å². The molecular formula is C71H99N5O12S2. The third-order valence-electron chi connectivity index (χ3n) is 25.3. The fourth-order valence-electron chi connectivity index (χ4n) is 21.4. The lowest BCUT2D eigenvalue weighted by Gasteiger charge is -2.66. The van der Waals surface area contributed by atoms with Crippen LogP contribution in [0, 0.1) is 99.6 Å². The van der Waals surface area contributed by atoms with E-state index >= 15 is 14.7 Å². The molecule has 10 aliphatic rings. The Morgan fingerprint density at radius 2 is 1.67 bits per heavy atom. The molecule has 0 radical (unpaired) electrons. The highest BCUT2D eigenvalue weighted by molar-refractivity contribution is 8.76. The zero-order chi connectivity index (χ0) is 63.6. The van der Waals surface area contributed by atoms with E-state index in [4.69, 9.17) is 16.2 Å². The SMILES string of the molecule is CC[C@H]1OC(=O)[C@H](c2cc[nH]c2)[C@H]1[C@@H]1C#CC[C@H]2C[C@@]3(O)C4=C5N[C@@H](CO)C(=O)C[C@H](c6ccc(O)cc6)CSSC[C@H]6[C@@H](O)[C@@H](O)C[C@@](C7CCCCC7)([C@@H]6C5=O)[C@H]4CC[C@]3(CCN=C(N)N)[C@H]2[C@@](C)(O)[C@H](O)C[C@@H](CO)[C@@H]2CC=C3CC[C@H](C)C[C@@H]3[C@@H]2C1. The first kappa shape index (κ1) is 65.7. The van der Waals surface area contributed by atoms with Crippen molar-refractivity contribution in [1.82, 2.24) is 10.3 Å². The Morgan fingerprint density at radius 3 is 2.38 bits per heavy atom. The predicted octanol–water partition coefficient (Wildman–Crippen LogP) is 7.56. The first-order valence-corrected chi connectivity index (χ1v) is 36.6. The molecule has 0 spiro atoms. The quantitative estimate of drug-likeness (QED) is 0.0273. The summed E-state index contributed by atoms with van der Waals surface area (Å²) in [6.45, 7) is 5.07. The number of ether oxygens (including phenoxy) is 1. The standard InChI is InChI=1S/C71H99N5O12S2/c1-4-56-58(59(66(85)88-56)43-22-25-74-33-43)41-9-8-10-42-31-71(87)61-52(21-23-69(71,24-26-75-67(72)73)65(42)68(3,86)57(82)30-44(34-77)48-20-17-40-14-13-38(2)27-49(40)50(48)28-41)70(46-11-6-5-7-12-46)32-55(81)63(83)51-37-90-89-36-45(39-15-18-47(79)19-16-39)29-54(80)53(35-78)76-62(61)64(84)60(51)70/h15-19,22,25,33,38,41-42,44-46,48-53,55-60,63,65,74,76-79,81-83,86-87H,4-7,10-14,20-21,23-24,26-32,34-37H2,1-3H3,(H4,72,73,75)/t38-,41+,42-,44-,45-,48-,49-,50+,51+,52-,53-,55-,56+,57+,58-,59+,60-,63+,65+,68-,69-,70-,71+/m0/s1. The van der Waals surface area contributed by atoms with E-state index in [0.717, 1.165) is 62.5 Å². The number of aromatic hydroxyl groups is 1. The molecular weight excluding hydrogens is 1180 g/mol. The highest BCUT2D eigenvalue weighted by Crippen LogP contribution is 2.75. The number of cyclic esters (lactones) is 1. The first-order valence-electron chi connectivity index (χ1n) is 34.1. The molecule has 1 aromatic carbocycles. The second kappa shape index (κ2) is 26.4. The average Bonchev–Trinajstić information content (AvgIpc) is 1.21.